The van der Waals surface area contributed by atoms with Gasteiger partial charge in [-0.25, -0.2) is 0 Å². The molecule has 1 aromatic carbocycles. The van der Waals surface area contributed by atoms with Gasteiger partial charge in [-0.3, -0.25) is 4.79 Å². The molecule has 0 amide bonds. The number of methoxy groups -OCH3 is 1. The van der Waals surface area contributed by atoms with E-state index in [-0.39, 0.29) is 36.4 Å². The number of benzene rings is 1. The molecular formula is C13H16F3NO2S. The number of rotatable bonds is 7. The average Bonchev–Trinajstić information content (AvgIpc) is 2.38. The van der Waals surface area contributed by atoms with Gasteiger partial charge in [0, 0.05) is 18.8 Å². The molecule has 1 aromatic rings. The Labute approximate surface area is 119 Å². The zero-order chi connectivity index (χ0) is 15.0. The lowest BCUT2D eigenvalue weighted by molar-refractivity contribution is -0.139. The van der Waals surface area contributed by atoms with E-state index in [0.717, 1.165) is 11.1 Å². The predicted molar refractivity (Wildman–Crippen MR) is 72.4 cm³/mol. The van der Waals surface area contributed by atoms with Crippen LogP contribution >= 0.6 is 11.8 Å². The van der Waals surface area contributed by atoms with Gasteiger partial charge in [0.25, 0.3) is 0 Å². The van der Waals surface area contributed by atoms with Crippen molar-refractivity contribution in [1.82, 2.24) is 5.32 Å². The first-order chi connectivity index (χ1) is 9.42. The maximum absolute atomic E-state index is 11.9. The van der Waals surface area contributed by atoms with Crippen molar-refractivity contribution in [3.8, 4) is 0 Å². The van der Waals surface area contributed by atoms with Crippen LogP contribution in [0.25, 0.3) is 0 Å². The summed E-state index contributed by atoms with van der Waals surface area (Å²) in [7, 11) is 1.32. The summed E-state index contributed by atoms with van der Waals surface area (Å²) in [5, 5.41) is 2.93. The summed E-state index contributed by atoms with van der Waals surface area (Å²) in [5.41, 5.74) is -2.49. The number of halogens is 3. The molecule has 0 saturated carbocycles. The summed E-state index contributed by atoms with van der Waals surface area (Å²) in [5.74, 6) is -0.382. The molecular weight excluding hydrogens is 291 g/mol. The van der Waals surface area contributed by atoms with Crippen LogP contribution < -0.4 is 5.32 Å². The SMILES string of the molecule is COC(=O)Cc1ccccc1CNCCSC(F)(F)F. The number of esters is 1. The Balaban J connectivity index is 2.41. The minimum absolute atomic E-state index is 0.0390. The standard InChI is InChI=1S/C13H16F3NO2S/c1-19-12(18)8-10-4-2-3-5-11(10)9-17-6-7-20-13(14,15)16/h2-5,17H,6-9H2,1H3. The maximum atomic E-state index is 11.9. The molecule has 0 unspecified atom stereocenters. The third kappa shape index (κ3) is 6.81. The van der Waals surface area contributed by atoms with Crippen molar-refractivity contribution in [2.75, 3.05) is 19.4 Å². The van der Waals surface area contributed by atoms with Gasteiger partial charge in [-0.15, -0.1) is 0 Å². The minimum Gasteiger partial charge on any atom is -0.469 e. The summed E-state index contributed by atoms with van der Waals surface area (Å²) >= 11 is -0.0494. The van der Waals surface area contributed by atoms with Crippen LogP contribution in [0.4, 0.5) is 13.2 Å². The summed E-state index contributed by atoms with van der Waals surface area (Å²) in [6.45, 7) is 0.669. The van der Waals surface area contributed by atoms with E-state index < -0.39 is 5.51 Å². The highest BCUT2D eigenvalue weighted by molar-refractivity contribution is 8.00. The first-order valence-electron chi connectivity index (χ1n) is 5.97. The average molecular weight is 307 g/mol. The minimum atomic E-state index is -4.19. The summed E-state index contributed by atoms with van der Waals surface area (Å²) < 4.78 is 40.4. The van der Waals surface area contributed by atoms with E-state index in [9.17, 15) is 18.0 Å². The highest BCUT2D eigenvalue weighted by atomic mass is 32.2. The number of carbonyl (C=O) groups excluding carboxylic acids is 1. The monoisotopic (exact) mass is 307 g/mol. The van der Waals surface area contributed by atoms with E-state index in [4.69, 9.17) is 0 Å². The molecule has 1 rings (SSSR count). The van der Waals surface area contributed by atoms with Gasteiger partial charge >= 0.3 is 11.5 Å². The van der Waals surface area contributed by atoms with E-state index >= 15 is 0 Å². The topological polar surface area (TPSA) is 38.3 Å². The molecule has 0 aromatic heterocycles. The lowest BCUT2D eigenvalue weighted by Gasteiger charge is -2.10. The molecule has 0 aliphatic rings. The number of nitrogens with one attached hydrogen (secondary N) is 1. The van der Waals surface area contributed by atoms with Gasteiger partial charge in [-0.1, -0.05) is 24.3 Å². The fraction of sp³-hybridized carbons (Fsp3) is 0.462. The van der Waals surface area contributed by atoms with Gasteiger partial charge in [0.05, 0.1) is 13.5 Å². The van der Waals surface area contributed by atoms with Gasteiger partial charge in [-0.05, 0) is 22.9 Å². The molecule has 112 valence electrons. The number of ether oxygens (including phenoxy) is 1. The first kappa shape index (κ1) is 16.8. The Morgan fingerprint density at radius 2 is 1.95 bits per heavy atom. The van der Waals surface area contributed by atoms with Gasteiger partial charge < -0.3 is 10.1 Å². The molecule has 0 aliphatic carbocycles. The first-order valence-corrected chi connectivity index (χ1v) is 6.96. The van der Waals surface area contributed by atoms with Crippen molar-refractivity contribution in [3.05, 3.63) is 35.4 Å². The second-order valence-electron chi connectivity index (χ2n) is 3.99. The Bertz CT molecular complexity index is 438. The molecule has 0 bridgehead atoms. The zero-order valence-corrected chi connectivity index (χ0v) is 11.8. The predicted octanol–water partition coefficient (Wildman–Crippen LogP) is 2.74. The van der Waals surface area contributed by atoms with Crippen LogP contribution in [0.5, 0.6) is 0 Å². The highest BCUT2D eigenvalue weighted by Crippen LogP contribution is 2.29. The van der Waals surface area contributed by atoms with Gasteiger partial charge in [0.15, 0.2) is 0 Å². The summed E-state index contributed by atoms with van der Waals surface area (Å²) in [6, 6.07) is 7.27. The zero-order valence-electron chi connectivity index (χ0n) is 11.0. The molecule has 0 heterocycles. The van der Waals surface area contributed by atoms with Crippen molar-refractivity contribution < 1.29 is 22.7 Å². The van der Waals surface area contributed by atoms with Crippen molar-refractivity contribution in [3.63, 3.8) is 0 Å². The van der Waals surface area contributed by atoms with E-state index in [1.165, 1.54) is 7.11 Å². The summed E-state index contributed by atoms with van der Waals surface area (Å²) in [6.07, 6.45) is 0.158. The quantitative estimate of drug-likeness (QED) is 0.621. The van der Waals surface area contributed by atoms with Crippen LogP contribution in [-0.4, -0.2) is 30.9 Å². The number of thioether (sulfide) groups is 1. The molecule has 3 nitrogen and oxygen atoms in total. The molecule has 7 heteroatoms. The van der Waals surface area contributed by atoms with Crippen LogP contribution in [0, 0.1) is 0 Å². The van der Waals surface area contributed by atoms with E-state index in [1.54, 1.807) is 12.1 Å². The third-order valence-electron chi connectivity index (χ3n) is 2.54. The van der Waals surface area contributed by atoms with Crippen LogP contribution in [0.3, 0.4) is 0 Å². The molecule has 0 spiro atoms. The number of alkyl halides is 3. The number of hydrogen-bond donors (Lipinski definition) is 1. The third-order valence-corrected chi connectivity index (χ3v) is 3.28. The maximum Gasteiger partial charge on any atom is 0.441 e. The Morgan fingerprint density at radius 3 is 2.55 bits per heavy atom. The Morgan fingerprint density at radius 1 is 1.30 bits per heavy atom. The smallest absolute Gasteiger partial charge is 0.441 e. The van der Waals surface area contributed by atoms with Gasteiger partial charge in [0.1, 0.15) is 0 Å². The largest absolute Gasteiger partial charge is 0.469 e. The van der Waals surface area contributed by atoms with Gasteiger partial charge in [-0.2, -0.15) is 13.2 Å². The van der Waals surface area contributed by atoms with Crippen molar-refractivity contribution in [2.24, 2.45) is 0 Å². The highest BCUT2D eigenvalue weighted by Gasteiger charge is 2.27. The summed E-state index contributed by atoms with van der Waals surface area (Å²) in [4.78, 5) is 11.2. The number of carbonyl (C=O) groups is 1. The normalized spacial score (nSPS) is 11.4. The second-order valence-corrected chi connectivity index (χ2v) is 5.15. The molecule has 0 radical (unpaired) electrons. The van der Waals surface area contributed by atoms with E-state index in [2.05, 4.69) is 10.1 Å². The fourth-order valence-electron chi connectivity index (χ4n) is 1.59. The van der Waals surface area contributed by atoms with E-state index in [1.807, 2.05) is 12.1 Å². The van der Waals surface area contributed by atoms with Crippen LogP contribution in [0.1, 0.15) is 11.1 Å². The molecule has 0 atom stereocenters. The second kappa shape index (κ2) is 8.16. The van der Waals surface area contributed by atoms with Crippen LogP contribution in [0.15, 0.2) is 24.3 Å². The lowest BCUT2D eigenvalue weighted by atomic mass is 10.0. The molecule has 0 fully saturated rings. The Kier molecular flexibility index (Phi) is 6.87. The van der Waals surface area contributed by atoms with E-state index in [0.29, 0.717) is 6.54 Å². The Hall–Kier alpha value is -1.21. The van der Waals surface area contributed by atoms with Crippen molar-refractivity contribution in [2.45, 2.75) is 18.5 Å². The lowest BCUT2D eigenvalue weighted by Crippen LogP contribution is -2.19. The molecule has 1 N–H and O–H groups in total. The van der Waals surface area contributed by atoms with Crippen molar-refractivity contribution in [1.29, 1.82) is 0 Å². The fourth-order valence-corrected chi connectivity index (χ4v) is 2.07. The molecule has 0 aliphatic heterocycles. The molecule has 0 saturated heterocycles. The van der Waals surface area contributed by atoms with Crippen molar-refractivity contribution >= 4 is 17.7 Å². The number of hydrogen-bond acceptors (Lipinski definition) is 4. The molecule has 20 heavy (non-hydrogen) atoms. The van der Waals surface area contributed by atoms with Crippen LogP contribution in [-0.2, 0) is 22.5 Å². The van der Waals surface area contributed by atoms with Crippen LogP contribution in [0.2, 0.25) is 0 Å². The van der Waals surface area contributed by atoms with Gasteiger partial charge in [0.2, 0.25) is 0 Å².